The lowest BCUT2D eigenvalue weighted by Crippen LogP contribution is -2.57. The SMILES string of the molecule is CC(C)(C)OC(=O)N1CCC2(CC1)C[C@H](O)[C@H](c1ccc(Cl)cc1)NC2=O. The van der Waals surface area contributed by atoms with Gasteiger partial charge in [-0.25, -0.2) is 4.79 Å². The summed E-state index contributed by atoms with van der Waals surface area (Å²) in [6, 6.07) is 6.70. The van der Waals surface area contributed by atoms with Crippen molar-refractivity contribution in [1.82, 2.24) is 10.2 Å². The molecule has 2 aliphatic rings. The minimum atomic E-state index is -0.683. The third-order valence-corrected chi connectivity index (χ3v) is 5.61. The second-order valence-corrected chi connectivity index (χ2v) is 8.96. The first kappa shape index (κ1) is 20.0. The van der Waals surface area contributed by atoms with Gasteiger partial charge in [-0.3, -0.25) is 4.79 Å². The van der Waals surface area contributed by atoms with Crippen LogP contribution in [-0.4, -0.2) is 46.8 Å². The molecule has 2 N–H and O–H groups in total. The largest absolute Gasteiger partial charge is 0.444 e. The van der Waals surface area contributed by atoms with Gasteiger partial charge in [-0.1, -0.05) is 23.7 Å². The number of rotatable bonds is 1. The average molecular weight is 395 g/mol. The highest BCUT2D eigenvalue weighted by Gasteiger charge is 2.49. The van der Waals surface area contributed by atoms with Gasteiger partial charge in [-0.05, 0) is 57.7 Å². The van der Waals surface area contributed by atoms with Crippen LogP contribution in [0, 0.1) is 5.41 Å². The molecule has 2 atom stereocenters. The molecule has 1 aromatic carbocycles. The fourth-order valence-corrected chi connectivity index (χ4v) is 3.98. The van der Waals surface area contributed by atoms with E-state index in [0.717, 1.165) is 5.56 Å². The number of likely N-dealkylation sites (tertiary alicyclic amines) is 1. The van der Waals surface area contributed by atoms with E-state index in [2.05, 4.69) is 5.32 Å². The number of carbonyl (C=O) groups is 2. The zero-order valence-electron chi connectivity index (χ0n) is 16.0. The molecule has 0 unspecified atom stereocenters. The molecular weight excluding hydrogens is 368 g/mol. The molecule has 7 heteroatoms. The Labute approximate surface area is 164 Å². The molecule has 2 amide bonds. The summed E-state index contributed by atoms with van der Waals surface area (Å²) >= 11 is 5.92. The van der Waals surface area contributed by atoms with E-state index < -0.39 is 23.2 Å². The zero-order valence-corrected chi connectivity index (χ0v) is 16.8. The third-order valence-electron chi connectivity index (χ3n) is 5.35. The van der Waals surface area contributed by atoms with Crippen molar-refractivity contribution in [1.29, 1.82) is 0 Å². The Hall–Kier alpha value is -1.79. The molecule has 2 aliphatic heterocycles. The van der Waals surface area contributed by atoms with Crippen LogP contribution in [0.5, 0.6) is 0 Å². The van der Waals surface area contributed by atoms with E-state index in [1.54, 1.807) is 17.0 Å². The van der Waals surface area contributed by atoms with Crippen molar-refractivity contribution < 1.29 is 19.4 Å². The molecule has 0 aromatic heterocycles. The topological polar surface area (TPSA) is 78.9 Å². The van der Waals surface area contributed by atoms with E-state index in [9.17, 15) is 14.7 Å². The monoisotopic (exact) mass is 394 g/mol. The zero-order chi connectivity index (χ0) is 19.8. The van der Waals surface area contributed by atoms with Crippen molar-refractivity contribution in [2.75, 3.05) is 13.1 Å². The van der Waals surface area contributed by atoms with Crippen LogP contribution in [0.15, 0.2) is 24.3 Å². The highest BCUT2D eigenvalue weighted by Crippen LogP contribution is 2.42. The minimum Gasteiger partial charge on any atom is -0.444 e. The van der Waals surface area contributed by atoms with Crippen LogP contribution in [0.4, 0.5) is 4.79 Å². The van der Waals surface area contributed by atoms with Crippen LogP contribution in [0.1, 0.15) is 51.6 Å². The Balaban J connectivity index is 1.65. The van der Waals surface area contributed by atoms with Crippen LogP contribution in [0.3, 0.4) is 0 Å². The normalized spacial score (nSPS) is 25.2. The first-order chi connectivity index (χ1) is 12.6. The molecule has 0 aliphatic carbocycles. The van der Waals surface area contributed by atoms with Crippen LogP contribution in [0.25, 0.3) is 0 Å². The standard InChI is InChI=1S/C20H27ClN2O4/c1-19(2,3)27-18(26)23-10-8-20(9-11-23)12-15(24)16(22-17(20)25)13-4-6-14(21)7-5-13/h4-7,15-16,24H,8-12H2,1-3H3,(H,22,25)/t15-,16-/m0/s1. The Kier molecular flexibility index (Phi) is 5.41. The maximum absolute atomic E-state index is 12.9. The maximum atomic E-state index is 12.9. The summed E-state index contributed by atoms with van der Waals surface area (Å²) in [7, 11) is 0. The predicted octanol–water partition coefficient (Wildman–Crippen LogP) is 3.28. The second kappa shape index (κ2) is 7.32. The molecule has 27 heavy (non-hydrogen) atoms. The van der Waals surface area contributed by atoms with Gasteiger partial charge in [0.2, 0.25) is 5.91 Å². The number of halogens is 1. The Morgan fingerprint density at radius 3 is 2.41 bits per heavy atom. The lowest BCUT2D eigenvalue weighted by Gasteiger charge is -2.46. The number of piperidine rings is 2. The summed E-state index contributed by atoms with van der Waals surface area (Å²) in [6.45, 7) is 6.38. The molecule has 0 radical (unpaired) electrons. The average Bonchev–Trinajstić information content (AvgIpc) is 2.58. The molecule has 1 spiro atoms. The van der Waals surface area contributed by atoms with E-state index >= 15 is 0 Å². The molecule has 148 valence electrons. The fraction of sp³-hybridized carbons (Fsp3) is 0.600. The minimum absolute atomic E-state index is 0.0587. The number of carbonyl (C=O) groups excluding carboxylic acids is 2. The number of ether oxygens (including phenoxy) is 1. The van der Waals surface area contributed by atoms with Crippen molar-refractivity contribution in [2.24, 2.45) is 5.41 Å². The molecule has 0 bridgehead atoms. The first-order valence-electron chi connectivity index (χ1n) is 9.32. The van der Waals surface area contributed by atoms with Crippen molar-refractivity contribution in [3.8, 4) is 0 Å². The number of aliphatic hydroxyl groups excluding tert-OH is 1. The first-order valence-corrected chi connectivity index (χ1v) is 9.70. The molecule has 3 rings (SSSR count). The van der Waals surface area contributed by atoms with Crippen molar-refractivity contribution in [2.45, 2.75) is 57.8 Å². The number of benzene rings is 1. The molecule has 6 nitrogen and oxygen atoms in total. The van der Waals surface area contributed by atoms with Gasteiger partial charge in [-0.15, -0.1) is 0 Å². The molecular formula is C20H27ClN2O4. The highest BCUT2D eigenvalue weighted by atomic mass is 35.5. The predicted molar refractivity (Wildman–Crippen MR) is 102 cm³/mol. The van der Waals surface area contributed by atoms with Gasteiger partial charge in [0.1, 0.15) is 5.60 Å². The number of nitrogens with zero attached hydrogens (tertiary/aromatic N) is 1. The Bertz CT molecular complexity index is 706. The maximum Gasteiger partial charge on any atom is 0.410 e. The van der Waals surface area contributed by atoms with Gasteiger partial charge in [0.25, 0.3) is 0 Å². The quantitative estimate of drug-likeness (QED) is 0.766. The Morgan fingerprint density at radius 2 is 1.85 bits per heavy atom. The molecule has 2 fully saturated rings. The van der Waals surface area contributed by atoms with Crippen LogP contribution in [-0.2, 0) is 9.53 Å². The number of nitrogens with one attached hydrogen (secondary N) is 1. The number of amides is 2. The van der Waals surface area contributed by atoms with Crippen molar-refractivity contribution in [3.63, 3.8) is 0 Å². The van der Waals surface area contributed by atoms with Crippen LogP contribution < -0.4 is 5.32 Å². The third kappa shape index (κ3) is 4.38. The number of hydrogen-bond donors (Lipinski definition) is 2. The van der Waals surface area contributed by atoms with E-state index in [4.69, 9.17) is 16.3 Å². The summed E-state index contributed by atoms with van der Waals surface area (Å²) < 4.78 is 5.41. The lowest BCUT2D eigenvalue weighted by atomic mass is 9.69. The van der Waals surface area contributed by atoms with Crippen molar-refractivity contribution >= 4 is 23.6 Å². The van der Waals surface area contributed by atoms with Crippen LogP contribution >= 0.6 is 11.6 Å². The van der Waals surface area contributed by atoms with E-state index in [1.165, 1.54) is 0 Å². The van der Waals surface area contributed by atoms with Gasteiger partial charge in [0.05, 0.1) is 17.6 Å². The van der Waals surface area contributed by atoms with Gasteiger partial charge in [0.15, 0.2) is 0 Å². The Morgan fingerprint density at radius 1 is 1.26 bits per heavy atom. The summed E-state index contributed by atoms with van der Waals surface area (Å²) in [5, 5.41) is 14.3. The summed E-state index contributed by atoms with van der Waals surface area (Å²) in [5.41, 5.74) is -0.349. The van der Waals surface area contributed by atoms with Crippen molar-refractivity contribution in [3.05, 3.63) is 34.9 Å². The molecule has 2 heterocycles. The highest BCUT2D eigenvalue weighted by molar-refractivity contribution is 6.30. The molecule has 1 aromatic rings. The lowest BCUT2D eigenvalue weighted by molar-refractivity contribution is -0.144. The number of hydrogen-bond acceptors (Lipinski definition) is 4. The summed E-state index contributed by atoms with van der Waals surface area (Å²) in [6.07, 6.45) is 0.379. The van der Waals surface area contributed by atoms with Gasteiger partial charge in [0, 0.05) is 18.1 Å². The second-order valence-electron chi connectivity index (χ2n) is 8.52. The summed E-state index contributed by atoms with van der Waals surface area (Å²) in [5.74, 6) is -0.0587. The van der Waals surface area contributed by atoms with E-state index in [1.807, 2.05) is 32.9 Å². The smallest absolute Gasteiger partial charge is 0.410 e. The van der Waals surface area contributed by atoms with Gasteiger partial charge < -0.3 is 20.1 Å². The van der Waals surface area contributed by atoms with Gasteiger partial charge >= 0.3 is 6.09 Å². The number of aliphatic hydroxyl groups is 1. The van der Waals surface area contributed by atoms with Gasteiger partial charge in [-0.2, -0.15) is 0 Å². The van der Waals surface area contributed by atoms with E-state index in [0.29, 0.717) is 37.4 Å². The fourth-order valence-electron chi connectivity index (χ4n) is 3.85. The molecule has 2 saturated heterocycles. The molecule has 0 saturated carbocycles. The van der Waals surface area contributed by atoms with E-state index in [-0.39, 0.29) is 12.0 Å². The summed E-state index contributed by atoms with van der Waals surface area (Å²) in [4.78, 5) is 26.8. The van der Waals surface area contributed by atoms with Crippen LogP contribution in [0.2, 0.25) is 5.02 Å².